The Morgan fingerprint density at radius 1 is 1.43 bits per heavy atom. The smallest absolute Gasteiger partial charge is 0.0991 e. The van der Waals surface area contributed by atoms with Gasteiger partial charge in [-0.05, 0) is 41.7 Å². The number of nitrogens with zero attached hydrogens (tertiary/aromatic N) is 1. The molecule has 0 atom stereocenters. The number of ether oxygens (including phenoxy) is 1. The summed E-state index contributed by atoms with van der Waals surface area (Å²) in [6, 6.07) is 7.98. The molecule has 0 saturated carbocycles. The van der Waals surface area contributed by atoms with E-state index < -0.39 is 0 Å². The summed E-state index contributed by atoms with van der Waals surface area (Å²) in [6.45, 7) is 0. The van der Waals surface area contributed by atoms with Crippen LogP contribution in [0.3, 0.4) is 0 Å². The van der Waals surface area contributed by atoms with Gasteiger partial charge in [0.15, 0.2) is 0 Å². The molecule has 2 rings (SSSR count). The van der Waals surface area contributed by atoms with E-state index in [0.717, 1.165) is 18.4 Å². The molecule has 2 heteroatoms. The largest absolute Gasteiger partial charge is 0.504 e. The van der Waals surface area contributed by atoms with Gasteiger partial charge in [0.05, 0.1) is 25.0 Å². The zero-order valence-corrected chi connectivity index (χ0v) is 8.08. The molecule has 14 heavy (non-hydrogen) atoms. The van der Waals surface area contributed by atoms with Crippen LogP contribution in [0.5, 0.6) is 0 Å². The highest BCUT2D eigenvalue weighted by atomic mass is 16.5. The minimum absolute atomic E-state index is 0.738. The lowest BCUT2D eigenvalue weighted by atomic mass is 10.1. The minimum Gasteiger partial charge on any atom is -0.504 e. The van der Waals surface area contributed by atoms with E-state index >= 15 is 0 Å². The second kappa shape index (κ2) is 3.55. The lowest BCUT2D eigenvalue weighted by Gasteiger charge is -2.00. The van der Waals surface area contributed by atoms with Gasteiger partial charge in [0.2, 0.25) is 0 Å². The van der Waals surface area contributed by atoms with Gasteiger partial charge in [0.1, 0.15) is 0 Å². The van der Waals surface area contributed by atoms with Gasteiger partial charge < -0.3 is 4.74 Å². The number of allylic oxidation sites excluding steroid dienone is 1. The molecule has 2 nitrogen and oxygen atoms in total. The third-order valence-corrected chi connectivity index (χ3v) is 2.50. The number of benzene rings is 1. The molecule has 0 heterocycles. The summed E-state index contributed by atoms with van der Waals surface area (Å²) >= 11 is 0. The first-order valence-electron chi connectivity index (χ1n) is 4.60. The number of fused-ring (bicyclic) bond motifs is 1. The molecule has 0 aromatic heterocycles. The summed E-state index contributed by atoms with van der Waals surface area (Å²) < 4.78 is 5.01. The molecule has 1 aliphatic rings. The van der Waals surface area contributed by atoms with Crippen molar-refractivity contribution in [2.75, 3.05) is 7.11 Å². The number of rotatable bonds is 1. The number of methoxy groups -OCH3 is 1. The highest BCUT2D eigenvalue weighted by molar-refractivity contribution is 5.72. The molecule has 1 aromatic rings. The van der Waals surface area contributed by atoms with Crippen molar-refractivity contribution >= 4 is 5.57 Å². The third-order valence-electron chi connectivity index (χ3n) is 2.50. The normalized spacial score (nSPS) is 16.4. The maximum Gasteiger partial charge on any atom is 0.0991 e. The SMILES string of the molecule is COC=C1CCc2cc(C#N)ccc21. The van der Waals surface area contributed by atoms with Crippen molar-refractivity contribution in [2.24, 2.45) is 0 Å². The molecule has 1 aromatic carbocycles. The van der Waals surface area contributed by atoms with E-state index in [1.807, 2.05) is 18.2 Å². The van der Waals surface area contributed by atoms with E-state index in [0.29, 0.717) is 0 Å². The number of hydrogen-bond acceptors (Lipinski definition) is 2. The average molecular weight is 185 g/mol. The topological polar surface area (TPSA) is 33.0 Å². The molecule has 70 valence electrons. The van der Waals surface area contributed by atoms with Gasteiger partial charge in [-0.25, -0.2) is 0 Å². The molecule has 0 saturated heterocycles. The summed E-state index contributed by atoms with van der Waals surface area (Å²) in [5.41, 5.74) is 4.45. The van der Waals surface area contributed by atoms with E-state index in [1.54, 1.807) is 13.4 Å². The van der Waals surface area contributed by atoms with Crippen LogP contribution in [-0.4, -0.2) is 7.11 Å². The van der Waals surface area contributed by atoms with Crippen LogP contribution in [0, 0.1) is 11.3 Å². The maximum atomic E-state index is 8.75. The van der Waals surface area contributed by atoms with Crippen LogP contribution in [0.15, 0.2) is 24.5 Å². The molecule has 0 N–H and O–H groups in total. The Balaban J connectivity index is 2.44. The van der Waals surface area contributed by atoms with Gasteiger partial charge in [0, 0.05) is 0 Å². The molecule has 0 bridgehead atoms. The van der Waals surface area contributed by atoms with E-state index in [1.165, 1.54) is 16.7 Å². The third kappa shape index (κ3) is 1.38. The summed E-state index contributed by atoms with van der Waals surface area (Å²) in [6.07, 6.45) is 3.82. The molecule has 0 spiro atoms. The van der Waals surface area contributed by atoms with Crippen molar-refractivity contribution < 1.29 is 4.74 Å². The van der Waals surface area contributed by atoms with Gasteiger partial charge in [-0.1, -0.05) is 6.07 Å². The molecule has 0 radical (unpaired) electrons. The Labute approximate surface area is 83.4 Å². The lowest BCUT2D eigenvalue weighted by Crippen LogP contribution is -1.83. The van der Waals surface area contributed by atoms with Crippen molar-refractivity contribution in [1.82, 2.24) is 0 Å². The lowest BCUT2D eigenvalue weighted by molar-refractivity contribution is 0.339. The van der Waals surface area contributed by atoms with E-state index in [9.17, 15) is 0 Å². The minimum atomic E-state index is 0.738. The molecular formula is C12H11NO. The van der Waals surface area contributed by atoms with Crippen LogP contribution in [0.1, 0.15) is 23.1 Å². The highest BCUT2D eigenvalue weighted by Gasteiger charge is 2.16. The average Bonchev–Trinajstić information content (AvgIpc) is 2.61. The molecule has 0 amide bonds. The fourth-order valence-electron chi connectivity index (χ4n) is 1.85. The Kier molecular flexibility index (Phi) is 2.24. The maximum absolute atomic E-state index is 8.75. The van der Waals surface area contributed by atoms with E-state index in [2.05, 4.69) is 6.07 Å². The van der Waals surface area contributed by atoms with E-state index in [-0.39, 0.29) is 0 Å². The highest BCUT2D eigenvalue weighted by Crippen LogP contribution is 2.32. The van der Waals surface area contributed by atoms with Crippen molar-refractivity contribution in [1.29, 1.82) is 5.26 Å². The van der Waals surface area contributed by atoms with Crippen molar-refractivity contribution in [2.45, 2.75) is 12.8 Å². The number of nitriles is 1. The summed E-state index contributed by atoms with van der Waals surface area (Å²) in [7, 11) is 1.66. The van der Waals surface area contributed by atoms with Gasteiger partial charge in [-0.15, -0.1) is 0 Å². The molecular weight excluding hydrogens is 174 g/mol. The number of aryl methyl sites for hydroxylation is 1. The van der Waals surface area contributed by atoms with Crippen LogP contribution in [0.2, 0.25) is 0 Å². The van der Waals surface area contributed by atoms with Crippen LogP contribution >= 0.6 is 0 Å². The first-order chi connectivity index (χ1) is 6.85. The monoisotopic (exact) mass is 185 g/mol. The van der Waals surface area contributed by atoms with Crippen LogP contribution in [0.25, 0.3) is 5.57 Å². The second-order valence-corrected chi connectivity index (χ2v) is 3.36. The zero-order chi connectivity index (χ0) is 9.97. The Morgan fingerprint density at radius 3 is 3.00 bits per heavy atom. The van der Waals surface area contributed by atoms with Gasteiger partial charge in [0.25, 0.3) is 0 Å². The van der Waals surface area contributed by atoms with Gasteiger partial charge in [-0.2, -0.15) is 5.26 Å². The van der Waals surface area contributed by atoms with Crippen molar-refractivity contribution in [3.63, 3.8) is 0 Å². The molecule has 1 aliphatic carbocycles. The van der Waals surface area contributed by atoms with Crippen LogP contribution in [-0.2, 0) is 11.2 Å². The van der Waals surface area contributed by atoms with Gasteiger partial charge >= 0.3 is 0 Å². The quantitative estimate of drug-likeness (QED) is 0.630. The Morgan fingerprint density at radius 2 is 2.29 bits per heavy atom. The fourth-order valence-corrected chi connectivity index (χ4v) is 1.85. The van der Waals surface area contributed by atoms with Gasteiger partial charge in [-0.3, -0.25) is 0 Å². The summed E-state index contributed by atoms with van der Waals surface area (Å²) in [4.78, 5) is 0. The van der Waals surface area contributed by atoms with Crippen LogP contribution < -0.4 is 0 Å². The summed E-state index contributed by atoms with van der Waals surface area (Å²) in [5, 5.41) is 8.75. The number of hydrogen-bond donors (Lipinski definition) is 0. The Bertz CT molecular complexity index is 426. The van der Waals surface area contributed by atoms with Crippen LogP contribution in [0.4, 0.5) is 0 Å². The molecule has 0 fully saturated rings. The Hall–Kier alpha value is -1.75. The predicted molar refractivity (Wildman–Crippen MR) is 54.5 cm³/mol. The molecule has 0 unspecified atom stereocenters. The standard InChI is InChI=1S/C12H11NO/c1-14-8-11-4-3-10-6-9(7-13)2-5-12(10)11/h2,5-6,8H,3-4H2,1H3. The fraction of sp³-hybridized carbons (Fsp3) is 0.250. The zero-order valence-electron chi connectivity index (χ0n) is 8.08. The van der Waals surface area contributed by atoms with Crippen molar-refractivity contribution in [3.8, 4) is 6.07 Å². The first kappa shape index (κ1) is 8.83. The predicted octanol–water partition coefficient (Wildman–Crippen LogP) is 2.49. The second-order valence-electron chi connectivity index (χ2n) is 3.36. The summed E-state index contributed by atoms with van der Waals surface area (Å²) in [5.74, 6) is 0. The van der Waals surface area contributed by atoms with E-state index in [4.69, 9.17) is 10.00 Å². The molecule has 0 aliphatic heterocycles. The first-order valence-corrected chi connectivity index (χ1v) is 4.60. The van der Waals surface area contributed by atoms with Crippen molar-refractivity contribution in [3.05, 3.63) is 41.2 Å².